The summed E-state index contributed by atoms with van der Waals surface area (Å²) in [7, 11) is 0. The van der Waals surface area contributed by atoms with Gasteiger partial charge in [-0.15, -0.1) is 0 Å². The number of ether oxygens (including phenoxy) is 1. The lowest BCUT2D eigenvalue weighted by molar-refractivity contribution is -0.129. The van der Waals surface area contributed by atoms with Gasteiger partial charge in [0.05, 0.1) is 18.5 Å². The molecule has 25 heavy (non-hydrogen) atoms. The molecule has 7 nitrogen and oxygen atoms in total. The van der Waals surface area contributed by atoms with E-state index in [4.69, 9.17) is 9.15 Å². The Hall–Kier alpha value is -3.09. The van der Waals surface area contributed by atoms with Crippen LogP contribution in [0.4, 0.5) is 5.69 Å². The Kier molecular flexibility index (Phi) is 4.83. The number of hydrogen-bond acceptors (Lipinski definition) is 5. The zero-order chi connectivity index (χ0) is 17.8. The van der Waals surface area contributed by atoms with E-state index >= 15 is 0 Å². The van der Waals surface area contributed by atoms with Gasteiger partial charge >= 0.3 is 0 Å². The molecular weight excluding hydrogens is 324 g/mol. The van der Waals surface area contributed by atoms with Crippen molar-refractivity contribution in [2.24, 2.45) is 0 Å². The molecule has 0 aliphatic carbocycles. The molecule has 0 radical (unpaired) electrons. The molecule has 1 atom stereocenters. The Morgan fingerprint density at radius 1 is 1.36 bits per heavy atom. The van der Waals surface area contributed by atoms with Crippen molar-refractivity contribution in [3.8, 4) is 5.75 Å². The number of carbonyl (C=O) groups is 3. The van der Waals surface area contributed by atoms with Gasteiger partial charge in [0.15, 0.2) is 6.10 Å². The van der Waals surface area contributed by atoms with Gasteiger partial charge in [-0.05, 0) is 36.8 Å². The van der Waals surface area contributed by atoms with Gasteiger partial charge in [0.25, 0.3) is 5.91 Å². The molecule has 0 saturated heterocycles. The molecule has 2 amide bonds. The molecule has 1 aliphatic rings. The van der Waals surface area contributed by atoms with Gasteiger partial charge in [0.1, 0.15) is 24.3 Å². The van der Waals surface area contributed by atoms with Crippen LogP contribution in [-0.4, -0.2) is 30.7 Å². The van der Waals surface area contributed by atoms with E-state index in [2.05, 4.69) is 5.32 Å². The first-order chi connectivity index (χ1) is 12.1. The maximum absolute atomic E-state index is 12.6. The first-order valence-corrected chi connectivity index (χ1v) is 7.98. The third kappa shape index (κ3) is 3.55. The molecule has 1 aromatic carbocycles. The molecule has 2 aromatic rings. The summed E-state index contributed by atoms with van der Waals surface area (Å²) in [6.45, 7) is 1.92. The van der Waals surface area contributed by atoms with E-state index in [1.807, 2.05) is 6.92 Å². The smallest absolute Gasteiger partial charge is 0.268 e. The third-order valence-corrected chi connectivity index (χ3v) is 3.93. The van der Waals surface area contributed by atoms with E-state index in [0.29, 0.717) is 35.5 Å². The largest absolute Gasteiger partial charge is 0.478 e. The zero-order valence-electron chi connectivity index (χ0n) is 13.7. The average Bonchev–Trinajstić information content (AvgIpc) is 3.15. The molecule has 130 valence electrons. The molecule has 0 fully saturated rings. The Bertz CT molecular complexity index is 785. The minimum atomic E-state index is -0.646. The maximum Gasteiger partial charge on any atom is 0.268 e. The number of anilines is 1. The molecule has 0 spiro atoms. The Labute approximate surface area is 144 Å². The lowest BCUT2D eigenvalue weighted by atomic mass is 10.1. The maximum atomic E-state index is 12.6. The normalized spacial score (nSPS) is 16.1. The summed E-state index contributed by atoms with van der Waals surface area (Å²) >= 11 is 0. The van der Waals surface area contributed by atoms with Crippen molar-refractivity contribution in [2.75, 3.05) is 11.4 Å². The van der Waals surface area contributed by atoms with Crippen LogP contribution in [0.2, 0.25) is 0 Å². The highest BCUT2D eigenvalue weighted by Crippen LogP contribution is 2.35. The van der Waals surface area contributed by atoms with Crippen LogP contribution >= 0.6 is 0 Å². The molecule has 1 unspecified atom stereocenters. The van der Waals surface area contributed by atoms with Crippen molar-refractivity contribution in [3.05, 3.63) is 47.9 Å². The highest BCUT2D eigenvalue weighted by atomic mass is 16.5. The van der Waals surface area contributed by atoms with E-state index in [1.165, 1.54) is 11.2 Å². The van der Waals surface area contributed by atoms with Crippen molar-refractivity contribution in [3.63, 3.8) is 0 Å². The van der Waals surface area contributed by atoms with Crippen molar-refractivity contribution in [1.29, 1.82) is 0 Å². The van der Waals surface area contributed by atoms with Crippen molar-refractivity contribution in [1.82, 2.24) is 5.32 Å². The molecule has 3 rings (SSSR count). The van der Waals surface area contributed by atoms with Crippen molar-refractivity contribution in [2.45, 2.75) is 26.0 Å². The van der Waals surface area contributed by atoms with Crippen LogP contribution in [0.1, 0.15) is 29.5 Å². The number of amides is 2. The van der Waals surface area contributed by atoms with E-state index in [0.717, 1.165) is 0 Å². The fourth-order valence-electron chi connectivity index (χ4n) is 2.63. The van der Waals surface area contributed by atoms with Crippen molar-refractivity contribution >= 4 is 23.8 Å². The quantitative estimate of drug-likeness (QED) is 0.810. The average molecular weight is 342 g/mol. The number of hydrogen-bond donors (Lipinski definition) is 1. The van der Waals surface area contributed by atoms with Gasteiger partial charge in [0, 0.05) is 5.56 Å². The standard InChI is InChI=1S/C18H18N2O5/c1-2-15-18(23)20(10-17(22)19-9-13-4-3-7-24-13)14-8-12(11-21)5-6-16(14)25-15/h3-8,11,15H,2,9-10H2,1H3,(H,19,22). The van der Waals surface area contributed by atoms with Crippen LogP contribution in [0.15, 0.2) is 41.0 Å². The molecule has 7 heteroatoms. The molecule has 0 saturated carbocycles. The molecule has 1 aliphatic heterocycles. The van der Waals surface area contributed by atoms with E-state index < -0.39 is 6.10 Å². The van der Waals surface area contributed by atoms with E-state index in [9.17, 15) is 14.4 Å². The first kappa shape index (κ1) is 16.8. The SMILES string of the molecule is CCC1Oc2ccc(C=O)cc2N(CC(=O)NCc2ccco2)C1=O. The number of aldehydes is 1. The highest BCUT2D eigenvalue weighted by Gasteiger charge is 2.34. The fraction of sp³-hybridized carbons (Fsp3) is 0.278. The van der Waals surface area contributed by atoms with Crippen LogP contribution in [0.3, 0.4) is 0 Å². The second-order valence-corrected chi connectivity index (χ2v) is 5.64. The molecule has 1 aromatic heterocycles. The van der Waals surface area contributed by atoms with Gasteiger partial charge in [0.2, 0.25) is 5.91 Å². The lowest BCUT2D eigenvalue weighted by Crippen LogP contribution is -2.49. The Balaban J connectivity index is 1.79. The first-order valence-electron chi connectivity index (χ1n) is 7.98. The fourth-order valence-corrected chi connectivity index (χ4v) is 2.63. The van der Waals surface area contributed by atoms with Crippen LogP contribution in [-0.2, 0) is 16.1 Å². The van der Waals surface area contributed by atoms with Gasteiger partial charge in [-0.1, -0.05) is 6.92 Å². The van der Waals surface area contributed by atoms with Gasteiger partial charge in [-0.2, -0.15) is 0 Å². The number of fused-ring (bicyclic) bond motifs is 1. The highest BCUT2D eigenvalue weighted by molar-refractivity contribution is 6.04. The zero-order valence-corrected chi connectivity index (χ0v) is 13.7. The number of rotatable bonds is 6. The number of benzene rings is 1. The third-order valence-electron chi connectivity index (χ3n) is 3.93. The summed E-state index contributed by atoms with van der Waals surface area (Å²) in [6, 6.07) is 8.28. The van der Waals surface area contributed by atoms with Crippen LogP contribution in [0.5, 0.6) is 5.75 Å². The van der Waals surface area contributed by atoms with Gasteiger partial charge < -0.3 is 14.5 Å². The predicted octanol–water partition coefficient (Wildman–Crippen LogP) is 1.91. The predicted molar refractivity (Wildman–Crippen MR) is 89.4 cm³/mol. The molecule has 1 N–H and O–H groups in total. The lowest BCUT2D eigenvalue weighted by Gasteiger charge is -2.33. The molecular formula is C18H18N2O5. The van der Waals surface area contributed by atoms with Crippen molar-refractivity contribution < 1.29 is 23.5 Å². The summed E-state index contributed by atoms with van der Waals surface area (Å²) in [5.74, 6) is 0.475. The topological polar surface area (TPSA) is 88.8 Å². The van der Waals surface area contributed by atoms with Crippen LogP contribution in [0.25, 0.3) is 0 Å². The summed E-state index contributed by atoms with van der Waals surface area (Å²) in [5.41, 5.74) is 0.832. The molecule has 0 bridgehead atoms. The number of furan rings is 1. The summed E-state index contributed by atoms with van der Waals surface area (Å²) in [4.78, 5) is 37.2. The second-order valence-electron chi connectivity index (χ2n) is 5.64. The van der Waals surface area contributed by atoms with Gasteiger partial charge in [-0.3, -0.25) is 19.3 Å². The van der Waals surface area contributed by atoms with Crippen LogP contribution in [0, 0.1) is 0 Å². The monoisotopic (exact) mass is 342 g/mol. The minimum absolute atomic E-state index is 0.158. The number of nitrogens with one attached hydrogen (secondary N) is 1. The minimum Gasteiger partial charge on any atom is -0.478 e. The van der Waals surface area contributed by atoms with E-state index in [1.54, 1.807) is 30.3 Å². The Morgan fingerprint density at radius 2 is 2.20 bits per heavy atom. The summed E-state index contributed by atoms with van der Waals surface area (Å²) < 4.78 is 10.8. The second kappa shape index (κ2) is 7.21. The van der Waals surface area contributed by atoms with E-state index in [-0.39, 0.29) is 24.9 Å². The Morgan fingerprint density at radius 3 is 2.88 bits per heavy atom. The van der Waals surface area contributed by atoms with Crippen LogP contribution < -0.4 is 15.0 Å². The summed E-state index contributed by atoms with van der Waals surface area (Å²) in [6.07, 6.45) is 2.05. The number of carbonyl (C=O) groups excluding carboxylic acids is 3. The molecule has 2 heterocycles. The van der Waals surface area contributed by atoms with Gasteiger partial charge in [-0.25, -0.2) is 0 Å². The number of nitrogens with zero attached hydrogens (tertiary/aromatic N) is 1. The summed E-state index contributed by atoms with van der Waals surface area (Å²) in [5, 5.41) is 2.71.